The van der Waals surface area contributed by atoms with Crippen molar-refractivity contribution in [1.82, 2.24) is 0 Å². The van der Waals surface area contributed by atoms with Crippen LogP contribution in [0.3, 0.4) is 0 Å². The Morgan fingerprint density at radius 2 is 2.20 bits per heavy atom. The van der Waals surface area contributed by atoms with Crippen LogP contribution in [0.2, 0.25) is 0 Å². The van der Waals surface area contributed by atoms with Crippen LogP contribution < -0.4 is 5.73 Å². The van der Waals surface area contributed by atoms with E-state index in [4.69, 9.17) is 5.73 Å². The van der Waals surface area contributed by atoms with Crippen LogP contribution in [0.5, 0.6) is 0 Å². The molecule has 1 rings (SSSR count). The standard InChI is InChI=1S/C11H16N2O2/c1-8-3-6-11(13(14)15)10(7-8)5-4-9(2)12/h3,6-7,9H,4-5,12H2,1-2H3/t9-/m0/s1. The molecule has 1 aromatic carbocycles. The lowest BCUT2D eigenvalue weighted by molar-refractivity contribution is -0.385. The summed E-state index contributed by atoms with van der Waals surface area (Å²) < 4.78 is 0. The van der Waals surface area contributed by atoms with E-state index < -0.39 is 0 Å². The Morgan fingerprint density at radius 1 is 1.53 bits per heavy atom. The summed E-state index contributed by atoms with van der Waals surface area (Å²) in [6, 6.07) is 5.25. The molecule has 1 aromatic rings. The number of rotatable bonds is 4. The van der Waals surface area contributed by atoms with Gasteiger partial charge in [0.15, 0.2) is 0 Å². The topological polar surface area (TPSA) is 69.2 Å². The minimum absolute atomic E-state index is 0.0742. The van der Waals surface area contributed by atoms with Gasteiger partial charge in [-0.25, -0.2) is 0 Å². The van der Waals surface area contributed by atoms with Crippen LogP contribution in [-0.4, -0.2) is 11.0 Å². The van der Waals surface area contributed by atoms with Gasteiger partial charge in [0, 0.05) is 17.7 Å². The smallest absolute Gasteiger partial charge is 0.272 e. The van der Waals surface area contributed by atoms with E-state index in [9.17, 15) is 10.1 Å². The molecule has 0 saturated heterocycles. The Hall–Kier alpha value is -1.42. The summed E-state index contributed by atoms with van der Waals surface area (Å²) in [6.45, 7) is 3.83. The molecule has 82 valence electrons. The summed E-state index contributed by atoms with van der Waals surface area (Å²) in [5.41, 5.74) is 7.65. The van der Waals surface area contributed by atoms with Gasteiger partial charge in [0.25, 0.3) is 5.69 Å². The highest BCUT2D eigenvalue weighted by Gasteiger charge is 2.13. The molecule has 0 aliphatic carbocycles. The van der Waals surface area contributed by atoms with E-state index in [-0.39, 0.29) is 16.7 Å². The molecule has 2 N–H and O–H groups in total. The third-order valence-electron chi connectivity index (χ3n) is 2.30. The SMILES string of the molecule is Cc1ccc([N+](=O)[O-])c(CC[C@H](C)N)c1. The van der Waals surface area contributed by atoms with Crippen molar-refractivity contribution in [3.63, 3.8) is 0 Å². The van der Waals surface area contributed by atoms with Crippen molar-refractivity contribution in [2.75, 3.05) is 0 Å². The van der Waals surface area contributed by atoms with E-state index in [1.807, 2.05) is 19.9 Å². The number of benzene rings is 1. The van der Waals surface area contributed by atoms with Gasteiger partial charge < -0.3 is 5.73 Å². The van der Waals surface area contributed by atoms with Gasteiger partial charge in [0.05, 0.1) is 4.92 Å². The molecule has 0 unspecified atom stereocenters. The molecule has 0 aromatic heterocycles. The fourth-order valence-corrected chi connectivity index (χ4v) is 1.48. The number of hydrogen-bond donors (Lipinski definition) is 1. The fraction of sp³-hybridized carbons (Fsp3) is 0.455. The summed E-state index contributed by atoms with van der Waals surface area (Å²) in [7, 11) is 0. The second-order valence-electron chi connectivity index (χ2n) is 3.91. The van der Waals surface area contributed by atoms with Crippen molar-refractivity contribution in [3.8, 4) is 0 Å². The van der Waals surface area contributed by atoms with Gasteiger partial charge >= 0.3 is 0 Å². The zero-order chi connectivity index (χ0) is 11.4. The van der Waals surface area contributed by atoms with Crippen LogP contribution in [0.4, 0.5) is 5.69 Å². The molecule has 0 bridgehead atoms. The molecule has 0 radical (unpaired) electrons. The third-order valence-corrected chi connectivity index (χ3v) is 2.30. The first-order valence-electron chi connectivity index (χ1n) is 5.00. The first-order chi connectivity index (χ1) is 7.00. The maximum Gasteiger partial charge on any atom is 0.272 e. The Morgan fingerprint density at radius 3 is 2.73 bits per heavy atom. The van der Waals surface area contributed by atoms with Crippen molar-refractivity contribution in [2.45, 2.75) is 32.7 Å². The van der Waals surface area contributed by atoms with Gasteiger partial charge in [-0.2, -0.15) is 0 Å². The molecular formula is C11H16N2O2. The first kappa shape index (κ1) is 11.7. The van der Waals surface area contributed by atoms with E-state index in [0.717, 1.165) is 17.5 Å². The first-order valence-corrected chi connectivity index (χ1v) is 5.00. The predicted octanol–water partition coefficient (Wildman–Crippen LogP) is 2.18. The molecule has 0 aliphatic heterocycles. The maximum absolute atomic E-state index is 10.8. The zero-order valence-corrected chi connectivity index (χ0v) is 9.06. The van der Waals surface area contributed by atoms with E-state index in [2.05, 4.69) is 0 Å². The molecular weight excluding hydrogens is 192 g/mol. The van der Waals surface area contributed by atoms with Crippen LogP contribution in [0.1, 0.15) is 24.5 Å². The molecule has 0 amide bonds. The van der Waals surface area contributed by atoms with Crippen molar-refractivity contribution in [2.24, 2.45) is 5.73 Å². The molecule has 1 atom stereocenters. The highest BCUT2D eigenvalue weighted by molar-refractivity contribution is 5.42. The number of nitro benzene ring substituents is 1. The lowest BCUT2D eigenvalue weighted by Crippen LogP contribution is -2.15. The number of aryl methyl sites for hydroxylation is 2. The normalized spacial score (nSPS) is 12.5. The second kappa shape index (κ2) is 4.89. The number of nitrogens with zero attached hydrogens (tertiary/aromatic N) is 1. The molecule has 0 fully saturated rings. The van der Waals surface area contributed by atoms with E-state index in [1.165, 1.54) is 0 Å². The Kier molecular flexibility index (Phi) is 3.80. The Labute approximate surface area is 89.2 Å². The monoisotopic (exact) mass is 208 g/mol. The summed E-state index contributed by atoms with van der Waals surface area (Å²) in [5, 5.41) is 10.8. The fourth-order valence-electron chi connectivity index (χ4n) is 1.48. The summed E-state index contributed by atoms with van der Waals surface area (Å²) >= 11 is 0. The van der Waals surface area contributed by atoms with Crippen LogP contribution in [0, 0.1) is 17.0 Å². The van der Waals surface area contributed by atoms with Gasteiger partial charge in [-0.3, -0.25) is 10.1 Å². The second-order valence-corrected chi connectivity index (χ2v) is 3.91. The minimum Gasteiger partial charge on any atom is -0.328 e. The van der Waals surface area contributed by atoms with Crippen LogP contribution in [0.25, 0.3) is 0 Å². The van der Waals surface area contributed by atoms with E-state index >= 15 is 0 Å². The average Bonchev–Trinajstić information content (AvgIpc) is 2.14. The Balaban J connectivity index is 2.92. The molecule has 0 spiro atoms. The number of hydrogen-bond acceptors (Lipinski definition) is 3. The van der Waals surface area contributed by atoms with Crippen molar-refractivity contribution in [1.29, 1.82) is 0 Å². The summed E-state index contributed by atoms with van der Waals surface area (Å²) in [4.78, 5) is 10.4. The number of nitro groups is 1. The van der Waals surface area contributed by atoms with Gasteiger partial charge in [0.2, 0.25) is 0 Å². The zero-order valence-electron chi connectivity index (χ0n) is 9.06. The van der Waals surface area contributed by atoms with Crippen molar-refractivity contribution in [3.05, 3.63) is 39.4 Å². The van der Waals surface area contributed by atoms with Crippen LogP contribution in [0.15, 0.2) is 18.2 Å². The van der Waals surface area contributed by atoms with Gasteiger partial charge in [-0.15, -0.1) is 0 Å². The van der Waals surface area contributed by atoms with E-state index in [0.29, 0.717) is 6.42 Å². The largest absolute Gasteiger partial charge is 0.328 e. The molecule has 4 heteroatoms. The maximum atomic E-state index is 10.8. The quantitative estimate of drug-likeness (QED) is 0.609. The predicted molar refractivity (Wildman–Crippen MR) is 59.8 cm³/mol. The van der Waals surface area contributed by atoms with Crippen molar-refractivity contribution < 1.29 is 4.92 Å². The Bertz CT molecular complexity index is 362. The molecule has 0 saturated carbocycles. The van der Waals surface area contributed by atoms with E-state index in [1.54, 1.807) is 12.1 Å². The highest BCUT2D eigenvalue weighted by atomic mass is 16.6. The number of nitrogens with two attached hydrogens (primary N) is 1. The summed E-state index contributed by atoms with van der Waals surface area (Å²) in [6.07, 6.45) is 1.43. The minimum atomic E-state index is -0.337. The molecule has 4 nitrogen and oxygen atoms in total. The molecule has 0 heterocycles. The highest BCUT2D eigenvalue weighted by Crippen LogP contribution is 2.21. The lowest BCUT2D eigenvalue weighted by atomic mass is 10.0. The van der Waals surface area contributed by atoms with Crippen LogP contribution in [-0.2, 0) is 6.42 Å². The lowest BCUT2D eigenvalue weighted by Gasteiger charge is -2.06. The van der Waals surface area contributed by atoms with Crippen molar-refractivity contribution >= 4 is 5.69 Å². The van der Waals surface area contributed by atoms with Gasteiger partial charge in [0.1, 0.15) is 0 Å². The van der Waals surface area contributed by atoms with Crippen LogP contribution >= 0.6 is 0 Å². The average molecular weight is 208 g/mol. The summed E-state index contributed by atoms with van der Waals surface area (Å²) in [5.74, 6) is 0. The molecule has 0 aliphatic rings. The van der Waals surface area contributed by atoms with Gasteiger partial charge in [-0.05, 0) is 32.8 Å². The molecule has 15 heavy (non-hydrogen) atoms. The third kappa shape index (κ3) is 3.32. The van der Waals surface area contributed by atoms with Gasteiger partial charge in [-0.1, -0.05) is 11.6 Å².